The Morgan fingerprint density at radius 1 is 0.379 bits per heavy atom. The number of rotatable bonds is 6. The fourth-order valence-corrected chi connectivity index (χ4v) is 11.8. The molecule has 0 radical (unpaired) electrons. The second-order valence-corrected chi connectivity index (χ2v) is 18.3. The largest absolute Gasteiger partial charge is 0.455 e. The monoisotopic (exact) mass is 858 g/mol. The number of benzene rings is 11. The maximum absolute atomic E-state index is 6.62. The molecule has 0 saturated heterocycles. The molecule has 0 N–H and O–H groups in total. The average molecular weight is 859 g/mol. The van der Waals surface area contributed by atoms with Crippen LogP contribution in [-0.2, 0) is 0 Å². The van der Waals surface area contributed by atoms with Crippen molar-refractivity contribution in [1.82, 2.24) is 4.57 Å². The molecule has 0 amide bonds. The van der Waals surface area contributed by atoms with Crippen LogP contribution in [0.15, 0.2) is 235 Å². The number of nitrogens with zero attached hydrogens (tertiary/aromatic N) is 2. The molecule has 0 spiro atoms. The predicted octanol–water partition coefficient (Wildman–Crippen LogP) is 18.2. The molecule has 11 aromatic carbocycles. The van der Waals surface area contributed by atoms with Crippen molar-refractivity contribution in [3.8, 4) is 27.9 Å². The lowest BCUT2D eigenvalue weighted by Crippen LogP contribution is -2.11. The van der Waals surface area contributed by atoms with Crippen LogP contribution in [0.4, 0.5) is 17.1 Å². The number of hydrogen-bond donors (Lipinski definition) is 0. The predicted molar refractivity (Wildman–Crippen MR) is 282 cm³/mol. The van der Waals surface area contributed by atoms with Crippen molar-refractivity contribution in [2.75, 3.05) is 4.90 Å². The normalized spacial score (nSPS) is 11.9. The van der Waals surface area contributed by atoms with Crippen molar-refractivity contribution in [2.24, 2.45) is 0 Å². The standard InChI is InChI=1S/C62H38N2OS/c1-2-20-45-39(15-1)33-34-50-47(45)26-14-30-56(50)63(42-18-11-16-40(35-42)46-25-13-27-53-51-23-5-9-31-59(51)65-61(46)53)44-37-54(62-55(38-44)52-24-6-10-32-60(52)66-62)41-17-12-19-43(36-41)64-57-28-7-3-21-48(57)49-22-4-8-29-58(49)64/h1-38H. The van der Waals surface area contributed by atoms with Gasteiger partial charge in [0.2, 0.25) is 0 Å². The molecular formula is C62H38N2OS. The zero-order valence-corrected chi connectivity index (χ0v) is 36.5. The van der Waals surface area contributed by atoms with E-state index in [2.05, 4.69) is 234 Å². The van der Waals surface area contributed by atoms with Crippen LogP contribution in [0.25, 0.3) is 113 Å². The topological polar surface area (TPSA) is 21.3 Å². The molecule has 0 atom stereocenters. The van der Waals surface area contributed by atoms with Crippen molar-refractivity contribution in [3.63, 3.8) is 0 Å². The van der Waals surface area contributed by atoms with Crippen LogP contribution >= 0.6 is 11.3 Å². The lowest BCUT2D eigenvalue weighted by atomic mass is 9.97. The molecule has 0 aliphatic carbocycles. The zero-order chi connectivity index (χ0) is 43.3. The van der Waals surface area contributed by atoms with Gasteiger partial charge in [0, 0.05) is 75.3 Å². The molecule has 0 aliphatic heterocycles. The Morgan fingerprint density at radius 2 is 1.03 bits per heavy atom. The molecule has 14 aromatic rings. The summed E-state index contributed by atoms with van der Waals surface area (Å²) in [5.41, 5.74) is 13.1. The first-order chi connectivity index (χ1) is 32.7. The van der Waals surface area contributed by atoms with E-state index in [1.54, 1.807) is 0 Å². The van der Waals surface area contributed by atoms with Crippen LogP contribution in [-0.4, -0.2) is 4.57 Å². The Hall–Kier alpha value is -8.44. The van der Waals surface area contributed by atoms with Gasteiger partial charge in [0.1, 0.15) is 11.2 Å². The fourth-order valence-electron chi connectivity index (χ4n) is 10.6. The highest BCUT2D eigenvalue weighted by atomic mass is 32.1. The van der Waals surface area contributed by atoms with Gasteiger partial charge in [0.25, 0.3) is 0 Å². The van der Waals surface area contributed by atoms with Crippen molar-refractivity contribution in [2.45, 2.75) is 0 Å². The Bertz CT molecular complexity index is 4210. The number of fused-ring (bicyclic) bond motifs is 12. The molecule has 4 heteroatoms. The summed E-state index contributed by atoms with van der Waals surface area (Å²) in [7, 11) is 0. The van der Waals surface area contributed by atoms with E-state index in [9.17, 15) is 0 Å². The number of aromatic nitrogens is 1. The van der Waals surface area contributed by atoms with Gasteiger partial charge in [-0.05, 0) is 94.0 Å². The molecular weight excluding hydrogens is 821 g/mol. The Labute approximate surface area is 384 Å². The third kappa shape index (κ3) is 5.62. The fraction of sp³-hybridized carbons (Fsp3) is 0. The third-order valence-corrected chi connectivity index (χ3v) is 14.8. The van der Waals surface area contributed by atoms with Gasteiger partial charge in [-0.2, -0.15) is 0 Å². The minimum atomic E-state index is 0.895. The van der Waals surface area contributed by atoms with Gasteiger partial charge in [0.15, 0.2) is 0 Å². The summed E-state index contributed by atoms with van der Waals surface area (Å²) in [4.78, 5) is 2.48. The lowest BCUT2D eigenvalue weighted by Gasteiger charge is -2.28. The minimum Gasteiger partial charge on any atom is -0.455 e. The first kappa shape index (κ1) is 37.0. The summed E-state index contributed by atoms with van der Waals surface area (Å²) < 4.78 is 11.6. The Balaban J connectivity index is 1.04. The summed E-state index contributed by atoms with van der Waals surface area (Å²) >= 11 is 1.87. The Kier molecular flexibility index (Phi) is 8.15. The number of para-hydroxylation sites is 4. The smallest absolute Gasteiger partial charge is 0.143 e. The molecule has 3 heterocycles. The first-order valence-corrected chi connectivity index (χ1v) is 23.3. The highest BCUT2D eigenvalue weighted by Gasteiger charge is 2.22. The summed E-state index contributed by atoms with van der Waals surface area (Å²) in [6.07, 6.45) is 0. The number of hydrogen-bond acceptors (Lipinski definition) is 3. The molecule has 0 fully saturated rings. The maximum Gasteiger partial charge on any atom is 0.143 e. The van der Waals surface area contributed by atoms with E-state index in [-0.39, 0.29) is 0 Å². The van der Waals surface area contributed by atoms with Gasteiger partial charge in [-0.15, -0.1) is 11.3 Å². The van der Waals surface area contributed by atoms with E-state index >= 15 is 0 Å². The van der Waals surface area contributed by atoms with E-state index in [0.717, 1.165) is 55.8 Å². The van der Waals surface area contributed by atoms with Crippen LogP contribution < -0.4 is 4.90 Å². The van der Waals surface area contributed by atoms with Gasteiger partial charge < -0.3 is 13.9 Å². The third-order valence-electron chi connectivity index (χ3n) is 13.5. The molecule has 3 aromatic heterocycles. The number of anilines is 3. The number of furan rings is 1. The molecule has 0 unspecified atom stereocenters. The zero-order valence-electron chi connectivity index (χ0n) is 35.7. The molecule has 308 valence electrons. The van der Waals surface area contributed by atoms with E-state index in [4.69, 9.17) is 4.42 Å². The quantitative estimate of drug-likeness (QED) is 0.155. The highest BCUT2D eigenvalue weighted by molar-refractivity contribution is 7.26. The minimum absolute atomic E-state index is 0.895. The van der Waals surface area contributed by atoms with E-state index in [1.807, 2.05) is 17.4 Å². The van der Waals surface area contributed by atoms with Crippen molar-refractivity contribution < 1.29 is 4.42 Å². The molecule has 66 heavy (non-hydrogen) atoms. The van der Waals surface area contributed by atoms with Crippen molar-refractivity contribution in [1.29, 1.82) is 0 Å². The van der Waals surface area contributed by atoms with E-state index < -0.39 is 0 Å². The SMILES string of the molecule is c1cc(-c2cccc3c2oc2ccccc23)cc(N(c2cc(-c3cccc(-n4c5ccccc5c5ccccc54)c3)c3sc4ccccc4c3c2)c2cccc3c2ccc2ccccc23)c1. The van der Waals surface area contributed by atoms with Crippen LogP contribution in [0, 0.1) is 0 Å². The van der Waals surface area contributed by atoms with Crippen LogP contribution in [0.2, 0.25) is 0 Å². The second-order valence-electron chi connectivity index (χ2n) is 17.2. The van der Waals surface area contributed by atoms with Gasteiger partial charge >= 0.3 is 0 Å². The number of thiophene rings is 1. The van der Waals surface area contributed by atoms with Crippen LogP contribution in [0.3, 0.4) is 0 Å². The summed E-state index contributed by atoms with van der Waals surface area (Å²) in [5.74, 6) is 0. The van der Waals surface area contributed by atoms with Gasteiger partial charge in [-0.25, -0.2) is 0 Å². The average Bonchev–Trinajstić information content (AvgIpc) is 4.06. The summed E-state index contributed by atoms with van der Waals surface area (Å²) in [5, 5.41) is 12.1. The molecule has 0 saturated carbocycles. The lowest BCUT2D eigenvalue weighted by molar-refractivity contribution is 0.670. The summed E-state index contributed by atoms with van der Waals surface area (Å²) in [6, 6.07) is 84.2. The Morgan fingerprint density at radius 3 is 1.88 bits per heavy atom. The van der Waals surface area contributed by atoms with Crippen LogP contribution in [0.5, 0.6) is 0 Å². The van der Waals surface area contributed by atoms with Gasteiger partial charge in [-0.3, -0.25) is 0 Å². The highest BCUT2D eigenvalue weighted by Crippen LogP contribution is 2.48. The molecule has 0 aliphatic rings. The van der Waals surface area contributed by atoms with Crippen LogP contribution in [0.1, 0.15) is 0 Å². The molecule has 0 bridgehead atoms. The molecule has 14 rings (SSSR count). The van der Waals surface area contributed by atoms with Gasteiger partial charge in [-0.1, -0.05) is 164 Å². The van der Waals surface area contributed by atoms with Crippen molar-refractivity contribution in [3.05, 3.63) is 231 Å². The first-order valence-electron chi connectivity index (χ1n) is 22.5. The van der Waals surface area contributed by atoms with Gasteiger partial charge in [0.05, 0.1) is 16.7 Å². The molecule has 3 nitrogen and oxygen atoms in total. The maximum atomic E-state index is 6.62. The van der Waals surface area contributed by atoms with E-state index in [1.165, 1.54) is 74.6 Å². The van der Waals surface area contributed by atoms with E-state index in [0.29, 0.717) is 0 Å². The van der Waals surface area contributed by atoms with Crippen molar-refractivity contribution >= 4 is 114 Å². The summed E-state index contributed by atoms with van der Waals surface area (Å²) in [6.45, 7) is 0. The second kappa shape index (κ2) is 14.5.